The Morgan fingerprint density at radius 2 is 1.80 bits per heavy atom. The highest BCUT2D eigenvalue weighted by atomic mass is 35.5. The van der Waals surface area contributed by atoms with Crippen LogP contribution >= 0.6 is 24.8 Å². The number of halogens is 2. The molecule has 0 atom stereocenters. The van der Waals surface area contributed by atoms with Gasteiger partial charge in [0.05, 0.1) is 12.1 Å². The number of amides is 1. The van der Waals surface area contributed by atoms with Crippen LogP contribution < -0.4 is 15.8 Å². The molecule has 0 aliphatic heterocycles. The van der Waals surface area contributed by atoms with Crippen molar-refractivity contribution < 1.29 is 9.53 Å². The average Bonchev–Trinajstić information content (AvgIpc) is 2.98. The van der Waals surface area contributed by atoms with Gasteiger partial charge in [0, 0.05) is 13.1 Å². The zero-order valence-electron chi connectivity index (χ0n) is 15.1. The minimum atomic E-state index is -0.657. The molecular formula is C18H31Cl2N3O2. The Balaban J connectivity index is 0.00000288. The first-order chi connectivity index (χ1) is 11.0. The van der Waals surface area contributed by atoms with Crippen LogP contribution in [0.4, 0.5) is 0 Å². The molecule has 0 spiro atoms. The highest BCUT2D eigenvalue weighted by molar-refractivity contribution is 5.86. The van der Waals surface area contributed by atoms with Gasteiger partial charge in [-0.3, -0.25) is 4.79 Å². The van der Waals surface area contributed by atoms with E-state index in [1.54, 1.807) is 0 Å². The highest BCUT2D eigenvalue weighted by Gasteiger charge is 2.36. The van der Waals surface area contributed by atoms with Gasteiger partial charge in [0.25, 0.3) is 0 Å². The molecule has 0 heterocycles. The first-order valence-electron chi connectivity index (χ1n) is 8.43. The summed E-state index contributed by atoms with van der Waals surface area (Å²) in [5.74, 6) is 0.837. The molecular weight excluding hydrogens is 361 g/mol. The number of hydrogen-bond acceptors (Lipinski definition) is 4. The average molecular weight is 392 g/mol. The van der Waals surface area contributed by atoms with Crippen molar-refractivity contribution in [2.45, 2.75) is 44.2 Å². The first kappa shape index (κ1) is 24.0. The van der Waals surface area contributed by atoms with Crippen molar-refractivity contribution in [2.75, 3.05) is 27.2 Å². The highest BCUT2D eigenvalue weighted by Crippen LogP contribution is 2.27. The van der Waals surface area contributed by atoms with Crippen LogP contribution in [0.2, 0.25) is 0 Å². The molecule has 0 saturated heterocycles. The molecule has 7 heteroatoms. The van der Waals surface area contributed by atoms with Gasteiger partial charge in [-0.1, -0.05) is 25.0 Å². The maximum Gasteiger partial charge on any atom is 0.240 e. The minimum absolute atomic E-state index is 0. The van der Waals surface area contributed by atoms with Gasteiger partial charge in [-0.15, -0.1) is 24.8 Å². The topological polar surface area (TPSA) is 67.6 Å². The van der Waals surface area contributed by atoms with Crippen molar-refractivity contribution >= 4 is 30.7 Å². The van der Waals surface area contributed by atoms with Crippen LogP contribution in [-0.2, 0) is 11.3 Å². The molecule has 0 aromatic heterocycles. The van der Waals surface area contributed by atoms with Crippen molar-refractivity contribution in [3.63, 3.8) is 0 Å². The second kappa shape index (κ2) is 11.6. The van der Waals surface area contributed by atoms with Crippen LogP contribution in [-0.4, -0.2) is 43.6 Å². The summed E-state index contributed by atoms with van der Waals surface area (Å²) in [7, 11) is 4.11. The fourth-order valence-corrected chi connectivity index (χ4v) is 2.87. The number of benzene rings is 1. The molecule has 1 saturated carbocycles. The summed E-state index contributed by atoms with van der Waals surface area (Å²) in [6.07, 6.45) is 4.67. The summed E-state index contributed by atoms with van der Waals surface area (Å²) < 4.78 is 5.70. The third kappa shape index (κ3) is 7.82. The number of nitrogens with two attached hydrogens (primary N) is 1. The molecule has 1 fully saturated rings. The second-order valence-electron chi connectivity index (χ2n) is 6.70. The van der Waals surface area contributed by atoms with Crippen molar-refractivity contribution in [3.8, 4) is 5.75 Å². The van der Waals surface area contributed by atoms with Crippen LogP contribution in [0, 0.1) is 0 Å². The van der Waals surface area contributed by atoms with Gasteiger partial charge in [0.2, 0.25) is 5.91 Å². The third-order valence-corrected chi connectivity index (χ3v) is 4.34. The largest absolute Gasteiger partial charge is 0.494 e. The molecule has 0 bridgehead atoms. The lowest BCUT2D eigenvalue weighted by Gasteiger charge is -2.22. The lowest BCUT2D eigenvalue weighted by Crippen LogP contribution is -2.51. The maximum atomic E-state index is 12.2. The van der Waals surface area contributed by atoms with Crippen LogP contribution in [0.3, 0.4) is 0 Å². The molecule has 1 aromatic carbocycles. The van der Waals surface area contributed by atoms with Crippen LogP contribution in [0.5, 0.6) is 5.75 Å². The number of nitrogens with zero attached hydrogens (tertiary/aromatic N) is 1. The number of hydrogen-bond donors (Lipinski definition) is 2. The van der Waals surface area contributed by atoms with E-state index in [4.69, 9.17) is 10.5 Å². The Labute approximate surface area is 163 Å². The minimum Gasteiger partial charge on any atom is -0.494 e. The van der Waals surface area contributed by atoms with Crippen molar-refractivity contribution in [1.82, 2.24) is 10.2 Å². The van der Waals surface area contributed by atoms with E-state index in [2.05, 4.69) is 24.3 Å². The number of nitrogens with one attached hydrogen (secondary N) is 1. The van der Waals surface area contributed by atoms with E-state index < -0.39 is 5.54 Å². The second-order valence-corrected chi connectivity index (χ2v) is 6.70. The smallest absolute Gasteiger partial charge is 0.240 e. The fourth-order valence-electron chi connectivity index (χ4n) is 2.87. The molecule has 1 aliphatic carbocycles. The van der Waals surface area contributed by atoms with Crippen LogP contribution in [0.15, 0.2) is 24.3 Å². The zero-order chi connectivity index (χ0) is 16.7. The summed E-state index contributed by atoms with van der Waals surface area (Å²) in [4.78, 5) is 14.3. The normalized spacial score (nSPS) is 15.2. The molecule has 1 aromatic rings. The molecule has 144 valence electrons. The summed E-state index contributed by atoms with van der Waals surface area (Å²) in [5, 5.41) is 2.96. The number of carbonyl (C=O) groups is 1. The van der Waals surface area contributed by atoms with Gasteiger partial charge < -0.3 is 20.7 Å². The van der Waals surface area contributed by atoms with Crippen LogP contribution in [0.1, 0.15) is 37.7 Å². The standard InChI is InChI=1S/C18H29N3O2.2ClH/c1-21(2)12-5-13-23-16-8-6-15(7-9-16)14-20-17(22)18(19)10-3-4-11-18;;/h6-9H,3-5,10-14,19H2,1-2H3,(H,20,22);2*1H. The summed E-state index contributed by atoms with van der Waals surface area (Å²) in [6, 6.07) is 7.87. The quantitative estimate of drug-likeness (QED) is 0.668. The predicted octanol–water partition coefficient (Wildman–Crippen LogP) is 2.75. The van der Waals surface area contributed by atoms with Crippen molar-refractivity contribution in [3.05, 3.63) is 29.8 Å². The Hall–Kier alpha value is -1.01. The zero-order valence-corrected chi connectivity index (χ0v) is 16.8. The van der Waals surface area contributed by atoms with Gasteiger partial charge in [-0.05, 0) is 51.1 Å². The fraction of sp³-hybridized carbons (Fsp3) is 0.611. The van der Waals surface area contributed by atoms with E-state index in [-0.39, 0.29) is 30.7 Å². The molecule has 1 aliphatic rings. The molecule has 3 N–H and O–H groups in total. The Kier molecular flexibility index (Phi) is 11.1. The number of carbonyl (C=O) groups excluding carboxylic acids is 1. The maximum absolute atomic E-state index is 12.2. The number of ether oxygens (including phenoxy) is 1. The summed E-state index contributed by atoms with van der Waals surface area (Å²) >= 11 is 0. The van der Waals surface area contributed by atoms with E-state index in [0.717, 1.165) is 50.0 Å². The van der Waals surface area contributed by atoms with E-state index in [0.29, 0.717) is 13.2 Å². The van der Waals surface area contributed by atoms with E-state index >= 15 is 0 Å². The first-order valence-corrected chi connectivity index (χ1v) is 8.43. The van der Waals surface area contributed by atoms with Gasteiger partial charge in [-0.2, -0.15) is 0 Å². The van der Waals surface area contributed by atoms with E-state index in [1.165, 1.54) is 0 Å². The monoisotopic (exact) mass is 391 g/mol. The predicted molar refractivity (Wildman–Crippen MR) is 107 cm³/mol. The van der Waals surface area contributed by atoms with Crippen LogP contribution in [0.25, 0.3) is 0 Å². The van der Waals surface area contributed by atoms with Gasteiger partial charge in [0.1, 0.15) is 5.75 Å². The molecule has 0 unspecified atom stereocenters. The van der Waals surface area contributed by atoms with Gasteiger partial charge >= 0.3 is 0 Å². The van der Waals surface area contributed by atoms with Gasteiger partial charge in [0.15, 0.2) is 0 Å². The van der Waals surface area contributed by atoms with Crippen molar-refractivity contribution in [1.29, 1.82) is 0 Å². The van der Waals surface area contributed by atoms with Crippen molar-refractivity contribution in [2.24, 2.45) is 5.73 Å². The number of rotatable bonds is 8. The molecule has 1 amide bonds. The summed E-state index contributed by atoms with van der Waals surface area (Å²) in [5.41, 5.74) is 6.54. The Bertz CT molecular complexity index is 504. The molecule has 5 nitrogen and oxygen atoms in total. The Morgan fingerprint density at radius 3 is 2.36 bits per heavy atom. The molecule has 0 radical (unpaired) electrons. The van der Waals surface area contributed by atoms with Gasteiger partial charge in [-0.25, -0.2) is 0 Å². The van der Waals surface area contributed by atoms with E-state index in [9.17, 15) is 4.79 Å². The molecule has 2 rings (SSSR count). The lowest BCUT2D eigenvalue weighted by atomic mass is 9.98. The Morgan fingerprint density at radius 1 is 1.20 bits per heavy atom. The summed E-state index contributed by atoms with van der Waals surface area (Å²) in [6.45, 7) is 2.24. The lowest BCUT2D eigenvalue weighted by molar-refractivity contribution is -0.126. The SMILES string of the molecule is CN(C)CCCOc1ccc(CNC(=O)C2(N)CCCC2)cc1.Cl.Cl. The molecule has 25 heavy (non-hydrogen) atoms. The van der Waals surface area contributed by atoms with E-state index in [1.807, 2.05) is 24.3 Å². The third-order valence-electron chi connectivity index (χ3n) is 4.34.